The number of pyridine rings is 1. The Hall–Kier alpha value is -4.11. The van der Waals surface area contributed by atoms with Gasteiger partial charge in [0.2, 0.25) is 0 Å². The Morgan fingerprint density at radius 2 is 2.02 bits per heavy atom. The van der Waals surface area contributed by atoms with Crippen molar-refractivity contribution in [3.8, 4) is 17.0 Å². The fourth-order valence-electron chi connectivity index (χ4n) is 5.85. The van der Waals surface area contributed by atoms with Crippen molar-refractivity contribution < 1.29 is 38.0 Å². The van der Waals surface area contributed by atoms with E-state index >= 15 is 4.39 Å². The average Bonchev–Trinajstić information content (AvgIpc) is 3.39. The lowest BCUT2D eigenvalue weighted by molar-refractivity contribution is -0.322. The molecule has 1 aliphatic carbocycles. The Balaban J connectivity index is 1.44. The molecule has 3 atom stereocenters. The molecular formula is C27H25F3N6O5. The minimum absolute atomic E-state index is 0.0453. The van der Waals surface area contributed by atoms with Crippen LogP contribution in [0.15, 0.2) is 42.7 Å². The standard InChI is InChI=1S/C27H25F3N6O5/c1-2-26(31,11-27(38,39)40)22-15(28)8-12(10-32-22)16-6-7-36-23(33-16)20-14-9-17(21(20)35-36)34-24(37)13-4-3-5-18(19(13)14)41-25(29)30/h3-8,10,14,17,25,38-40H,2,9,11,31H2,1H3,(H,34,37)/t14?,17?,26-/m1/s1. The molecule has 14 heteroatoms. The maximum absolute atomic E-state index is 15.3. The lowest BCUT2D eigenvalue weighted by Crippen LogP contribution is -2.46. The molecule has 4 aromatic rings. The summed E-state index contributed by atoms with van der Waals surface area (Å²) in [6.07, 6.45) is 2.57. The van der Waals surface area contributed by atoms with Crippen LogP contribution < -0.4 is 15.8 Å². The number of ether oxygens (including phenoxy) is 1. The number of aromatic nitrogens is 4. The Labute approximate surface area is 230 Å². The van der Waals surface area contributed by atoms with Gasteiger partial charge >= 0.3 is 6.61 Å². The molecule has 1 aromatic carbocycles. The molecule has 11 nitrogen and oxygen atoms in total. The Kier molecular flexibility index (Phi) is 6.26. The molecule has 41 heavy (non-hydrogen) atoms. The van der Waals surface area contributed by atoms with Crippen molar-refractivity contribution in [2.45, 2.75) is 56.3 Å². The van der Waals surface area contributed by atoms with E-state index in [4.69, 9.17) is 15.5 Å². The van der Waals surface area contributed by atoms with Crippen molar-refractivity contribution in [2.24, 2.45) is 5.73 Å². The smallest absolute Gasteiger partial charge is 0.387 e. The number of amides is 1. The summed E-state index contributed by atoms with van der Waals surface area (Å²) < 4.78 is 48.1. The summed E-state index contributed by atoms with van der Waals surface area (Å²) in [6.45, 7) is -1.50. The largest absolute Gasteiger partial charge is 0.434 e. The van der Waals surface area contributed by atoms with Crippen LogP contribution in [0.5, 0.6) is 5.75 Å². The summed E-state index contributed by atoms with van der Waals surface area (Å²) in [6, 6.07) is 6.66. The number of hydrogen-bond acceptors (Lipinski definition) is 9. The molecule has 2 unspecified atom stereocenters. The topological polar surface area (TPSA) is 168 Å². The summed E-state index contributed by atoms with van der Waals surface area (Å²) in [5.74, 6) is -5.03. The molecule has 0 radical (unpaired) electrons. The molecule has 0 saturated carbocycles. The van der Waals surface area contributed by atoms with E-state index in [2.05, 4.69) is 15.4 Å². The first kappa shape index (κ1) is 27.1. The third-order valence-corrected chi connectivity index (χ3v) is 7.67. The minimum atomic E-state index is -3.12. The van der Waals surface area contributed by atoms with Crippen LogP contribution in [-0.4, -0.2) is 53.4 Å². The summed E-state index contributed by atoms with van der Waals surface area (Å²) >= 11 is 0. The second kappa shape index (κ2) is 9.48. The second-order valence-corrected chi connectivity index (χ2v) is 10.3. The zero-order valence-corrected chi connectivity index (χ0v) is 21.6. The van der Waals surface area contributed by atoms with E-state index < -0.39 is 48.2 Å². The predicted molar refractivity (Wildman–Crippen MR) is 136 cm³/mol. The molecule has 0 fully saturated rings. The highest BCUT2D eigenvalue weighted by Crippen LogP contribution is 2.51. The van der Waals surface area contributed by atoms with Gasteiger partial charge in [-0.15, -0.1) is 0 Å². The Bertz CT molecular complexity index is 1690. The van der Waals surface area contributed by atoms with Crippen LogP contribution in [0.2, 0.25) is 0 Å². The van der Waals surface area contributed by atoms with Crippen LogP contribution in [-0.2, 0) is 5.54 Å². The highest BCUT2D eigenvalue weighted by molar-refractivity contribution is 5.98. The third-order valence-electron chi connectivity index (χ3n) is 7.67. The number of nitrogens with two attached hydrogens (primary N) is 1. The van der Waals surface area contributed by atoms with Crippen molar-refractivity contribution >= 4 is 11.6 Å². The van der Waals surface area contributed by atoms with Crippen molar-refractivity contribution in [1.29, 1.82) is 0 Å². The maximum atomic E-state index is 15.3. The quantitative estimate of drug-likeness (QED) is 0.210. The zero-order valence-electron chi connectivity index (χ0n) is 21.6. The van der Waals surface area contributed by atoms with E-state index in [0.717, 1.165) is 6.07 Å². The fraction of sp³-hybridized carbons (Fsp3) is 0.333. The highest BCUT2D eigenvalue weighted by atomic mass is 19.3. The van der Waals surface area contributed by atoms with Gasteiger partial charge in [0.05, 0.1) is 35.1 Å². The first-order valence-electron chi connectivity index (χ1n) is 12.8. The van der Waals surface area contributed by atoms with E-state index in [1.165, 1.54) is 22.8 Å². The minimum Gasteiger partial charge on any atom is -0.434 e. The number of benzene rings is 1. The molecule has 0 saturated heterocycles. The van der Waals surface area contributed by atoms with Crippen LogP contribution >= 0.6 is 0 Å². The molecule has 214 valence electrons. The summed E-state index contributed by atoms with van der Waals surface area (Å²) in [7, 11) is 0. The monoisotopic (exact) mass is 570 g/mol. The molecular weight excluding hydrogens is 545 g/mol. The number of alkyl halides is 2. The zero-order chi connectivity index (χ0) is 29.3. The van der Waals surface area contributed by atoms with Crippen molar-refractivity contribution in [2.75, 3.05) is 0 Å². The van der Waals surface area contributed by atoms with Gasteiger partial charge in [-0.2, -0.15) is 13.9 Å². The normalized spacial score (nSPS) is 19.5. The number of rotatable bonds is 7. The van der Waals surface area contributed by atoms with E-state index in [1.54, 1.807) is 25.3 Å². The average molecular weight is 571 g/mol. The Morgan fingerprint density at radius 1 is 1.24 bits per heavy atom. The van der Waals surface area contributed by atoms with Crippen molar-refractivity contribution in [3.63, 3.8) is 0 Å². The molecule has 1 amide bonds. The van der Waals surface area contributed by atoms with Crippen molar-refractivity contribution in [3.05, 3.63) is 76.6 Å². The summed E-state index contributed by atoms with van der Waals surface area (Å²) in [5, 5.41) is 35.8. The van der Waals surface area contributed by atoms with Crippen LogP contribution in [0.3, 0.4) is 0 Å². The lowest BCUT2D eigenvalue weighted by atomic mass is 9.87. The van der Waals surface area contributed by atoms with Gasteiger partial charge in [0.1, 0.15) is 11.6 Å². The number of halogens is 3. The number of fused-ring (bicyclic) bond motifs is 9. The molecule has 6 N–H and O–H groups in total. The van der Waals surface area contributed by atoms with Gasteiger partial charge < -0.3 is 31.1 Å². The van der Waals surface area contributed by atoms with E-state index in [9.17, 15) is 28.9 Å². The summed E-state index contributed by atoms with van der Waals surface area (Å²) in [5.41, 5.74) is 6.93. The second-order valence-electron chi connectivity index (χ2n) is 10.3. The number of carbonyl (C=O) groups is 1. The van der Waals surface area contributed by atoms with Gasteiger partial charge in [-0.25, -0.2) is 13.9 Å². The van der Waals surface area contributed by atoms with Crippen molar-refractivity contribution in [1.82, 2.24) is 24.9 Å². The van der Waals surface area contributed by atoms with E-state index in [1.807, 2.05) is 0 Å². The summed E-state index contributed by atoms with van der Waals surface area (Å²) in [4.78, 5) is 21.8. The third kappa shape index (κ3) is 4.58. The van der Waals surface area contributed by atoms with Gasteiger partial charge in [0.25, 0.3) is 11.9 Å². The first-order valence-corrected chi connectivity index (χ1v) is 12.8. The van der Waals surface area contributed by atoms with E-state index in [-0.39, 0.29) is 29.0 Å². The van der Waals surface area contributed by atoms with Gasteiger partial charge in [-0.1, -0.05) is 13.0 Å². The number of carbonyl (C=O) groups excluding carboxylic acids is 1. The van der Waals surface area contributed by atoms with Gasteiger partial charge in [-0.3, -0.25) is 9.78 Å². The molecule has 1 aliphatic heterocycles. The lowest BCUT2D eigenvalue weighted by Gasteiger charge is -2.31. The molecule has 0 spiro atoms. The molecule has 6 rings (SSSR count). The predicted octanol–water partition coefficient (Wildman–Crippen LogP) is 2.44. The fourth-order valence-corrected chi connectivity index (χ4v) is 5.85. The van der Waals surface area contributed by atoms with Gasteiger partial charge in [-0.05, 0) is 37.1 Å². The molecule has 3 aromatic heterocycles. The van der Waals surface area contributed by atoms with E-state index in [0.29, 0.717) is 34.6 Å². The van der Waals surface area contributed by atoms with Crippen LogP contribution in [0, 0.1) is 5.82 Å². The Morgan fingerprint density at radius 3 is 2.71 bits per heavy atom. The highest BCUT2D eigenvalue weighted by Gasteiger charge is 2.44. The van der Waals surface area contributed by atoms with Crippen LogP contribution in [0.4, 0.5) is 13.2 Å². The maximum Gasteiger partial charge on any atom is 0.387 e. The number of aliphatic hydroxyl groups is 3. The van der Waals surface area contributed by atoms with Crippen LogP contribution in [0.25, 0.3) is 16.9 Å². The van der Waals surface area contributed by atoms with Gasteiger partial charge in [0.15, 0.2) is 5.65 Å². The number of hydrogen-bond donors (Lipinski definition) is 5. The number of nitrogens with zero attached hydrogens (tertiary/aromatic N) is 4. The first-order chi connectivity index (χ1) is 19.4. The van der Waals surface area contributed by atoms with Crippen LogP contribution in [0.1, 0.15) is 71.0 Å². The molecule has 2 aliphatic rings. The van der Waals surface area contributed by atoms with Gasteiger partial charge in [0, 0.05) is 40.6 Å². The molecule has 2 bridgehead atoms. The SMILES string of the molecule is CC[C@@](N)(CC(O)(O)O)c1ncc(-c2ccn3nc4c(c3n2)C2CC4NC(=O)c3cccc(OC(F)F)c32)cc1F. The molecule has 4 heterocycles. The number of nitrogens with one attached hydrogen (secondary N) is 1.